The molecule has 0 radical (unpaired) electrons. The maximum Gasteiger partial charge on any atom is 0.0655 e. The molecular weight excluding hydrogens is 304 g/mol. The Balaban J connectivity index is 0.00000256. The van der Waals surface area contributed by atoms with Gasteiger partial charge in [0.1, 0.15) is 0 Å². The van der Waals surface area contributed by atoms with E-state index in [1.807, 2.05) is 13.8 Å². The average molecular weight is 319 g/mol. The lowest BCUT2D eigenvalue weighted by atomic mass is 9.82. The third kappa shape index (κ3) is 3.63. The van der Waals surface area contributed by atoms with Crippen molar-refractivity contribution in [3.05, 3.63) is 32.8 Å². The number of aliphatic hydroxyl groups is 1. The lowest BCUT2D eigenvalue weighted by Crippen LogP contribution is -2.32. The predicted octanol–water partition coefficient (Wildman–Crippen LogP) is 4.09. The fourth-order valence-corrected chi connectivity index (χ4v) is 2.09. The topological polar surface area (TPSA) is 46.2 Å². The van der Waals surface area contributed by atoms with E-state index in [2.05, 4.69) is 0 Å². The van der Waals surface area contributed by atoms with Crippen LogP contribution < -0.4 is 5.73 Å². The fourth-order valence-electron chi connectivity index (χ4n) is 1.32. The first-order chi connectivity index (χ1) is 7.31. The smallest absolute Gasteiger partial charge is 0.0655 e. The normalized spacial score (nSPS) is 13.1. The van der Waals surface area contributed by atoms with Crippen molar-refractivity contribution >= 4 is 47.2 Å². The minimum Gasteiger partial charge on any atom is -0.396 e. The van der Waals surface area contributed by atoms with Gasteiger partial charge in [0.15, 0.2) is 0 Å². The molecule has 1 aromatic carbocycles. The number of hydrogen-bond acceptors (Lipinski definition) is 2. The number of hydrogen-bond donors (Lipinski definition) is 2. The highest BCUT2D eigenvalue weighted by molar-refractivity contribution is 6.44. The van der Waals surface area contributed by atoms with E-state index in [4.69, 9.17) is 40.5 Å². The van der Waals surface area contributed by atoms with E-state index in [1.165, 1.54) is 0 Å². The summed E-state index contributed by atoms with van der Waals surface area (Å²) >= 11 is 18.0. The van der Waals surface area contributed by atoms with Gasteiger partial charge in [-0.2, -0.15) is 0 Å². The molecule has 1 atom stereocenters. The first kappa shape index (κ1) is 17.3. The summed E-state index contributed by atoms with van der Waals surface area (Å²) in [5.74, 6) is 0. The van der Waals surface area contributed by atoms with Crippen LogP contribution in [0, 0.1) is 5.41 Å². The van der Waals surface area contributed by atoms with E-state index in [-0.39, 0.29) is 19.0 Å². The van der Waals surface area contributed by atoms with Gasteiger partial charge in [-0.3, -0.25) is 0 Å². The van der Waals surface area contributed by atoms with Crippen molar-refractivity contribution in [3.8, 4) is 0 Å². The molecule has 17 heavy (non-hydrogen) atoms. The number of nitrogens with two attached hydrogens (primary N) is 1. The van der Waals surface area contributed by atoms with Crippen LogP contribution in [0.4, 0.5) is 0 Å². The zero-order valence-corrected chi connectivity index (χ0v) is 12.6. The minimum absolute atomic E-state index is 0. The van der Waals surface area contributed by atoms with E-state index in [0.29, 0.717) is 20.6 Å². The quantitative estimate of drug-likeness (QED) is 0.825. The Bertz CT molecular complexity index is 395. The Kier molecular flexibility index (Phi) is 6.58. The maximum atomic E-state index is 9.28. The average Bonchev–Trinajstić information content (AvgIpc) is 2.24. The van der Waals surface area contributed by atoms with E-state index < -0.39 is 11.5 Å². The number of benzene rings is 1. The molecule has 0 aliphatic rings. The first-order valence-electron chi connectivity index (χ1n) is 4.81. The summed E-state index contributed by atoms with van der Waals surface area (Å²) in [6.07, 6.45) is 0. The second-order valence-corrected chi connectivity index (χ2v) is 5.57. The molecule has 0 heterocycles. The van der Waals surface area contributed by atoms with Gasteiger partial charge in [0.25, 0.3) is 0 Å². The molecule has 0 aliphatic heterocycles. The molecule has 0 spiro atoms. The van der Waals surface area contributed by atoms with E-state index in [0.717, 1.165) is 0 Å². The minimum atomic E-state index is -0.516. The van der Waals surface area contributed by atoms with Crippen LogP contribution in [0.15, 0.2) is 12.1 Å². The summed E-state index contributed by atoms with van der Waals surface area (Å²) < 4.78 is 0. The standard InChI is InChI=1S/C11H14Cl3NO.ClH/c1-11(2,5-16)10(15)8-6(12)3-4-7(13)9(8)14;/h3-4,10,16H,5,15H2,1-2H3;1H/t10-;/m0./s1. The predicted molar refractivity (Wildman–Crippen MR) is 76.5 cm³/mol. The molecule has 0 fully saturated rings. The van der Waals surface area contributed by atoms with Crippen LogP contribution in [0.5, 0.6) is 0 Å². The van der Waals surface area contributed by atoms with Crippen molar-refractivity contribution in [2.24, 2.45) is 11.1 Å². The Morgan fingerprint density at radius 1 is 1.24 bits per heavy atom. The van der Waals surface area contributed by atoms with Crippen molar-refractivity contribution < 1.29 is 5.11 Å². The van der Waals surface area contributed by atoms with Crippen LogP contribution in [0.25, 0.3) is 0 Å². The van der Waals surface area contributed by atoms with Gasteiger partial charge < -0.3 is 10.8 Å². The van der Waals surface area contributed by atoms with Crippen molar-refractivity contribution in [2.75, 3.05) is 6.61 Å². The molecule has 0 saturated heterocycles. The molecule has 0 unspecified atom stereocenters. The summed E-state index contributed by atoms with van der Waals surface area (Å²) in [7, 11) is 0. The summed E-state index contributed by atoms with van der Waals surface area (Å²) in [5, 5.41) is 10.5. The lowest BCUT2D eigenvalue weighted by Gasteiger charge is -2.31. The highest BCUT2D eigenvalue weighted by atomic mass is 35.5. The van der Waals surface area contributed by atoms with Crippen LogP contribution in [0.1, 0.15) is 25.5 Å². The largest absolute Gasteiger partial charge is 0.396 e. The first-order valence-corrected chi connectivity index (χ1v) is 5.94. The molecule has 0 aliphatic carbocycles. The molecule has 98 valence electrons. The molecule has 3 N–H and O–H groups in total. The highest BCUT2D eigenvalue weighted by Crippen LogP contribution is 2.41. The Morgan fingerprint density at radius 2 is 1.71 bits per heavy atom. The van der Waals surface area contributed by atoms with Gasteiger partial charge in [-0.25, -0.2) is 0 Å². The number of aliphatic hydroxyl groups excluding tert-OH is 1. The maximum absolute atomic E-state index is 9.28. The van der Waals surface area contributed by atoms with Crippen molar-refractivity contribution in [3.63, 3.8) is 0 Å². The fraction of sp³-hybridized carbons (Fsp3) is 0.455. The molecule has 1 aromatic rings. The molecule has 0 amide bonds. The van der Waals surface area contributed by atoms with Crippen LogP contribution in [-0.2, 0) is 0 Å². The second kappa shape index (κ2) is 6.46. The van der Waals surface area contributed by atoms with Crippen LogP contribution in [0.2, 0.25) is 15.1 Å². The molecule has 0 bridgehead atoms. The van der Waals surface area contributed by atoms with Crippen LogP contribution in [-0.4, -0.2) is 11.7 Å². The van der Waals surface area contributed by atoms with Gasteiger partial charge in [-0.05, 0) is 12.1 Å². The number of rotatable bonds is 3. The number of halogens is 4. The summed E-state index contributed by atoms with van der Waals surface area (Å²) in [6.45, 7) is 3.61. The third-order valence-electron chi connectivity index (χ3n) is 2.64. The van der Waals surface area contributed by atoms with Crippen molar-refractivity contribution in [1.29, 1.82) is 0 Å². The highest BCUT2D eigenvalue weighted by Gasteiger charge is 2.30. The van der Waals surface area contributed by atoms with Crippen LogP contribution >= 0.6 is 47.2 Å². The zero-order chi connectivity index (χ0) is 12.5. The second-order valence-electron chi connectivity index (χ2n) is 4.38. The summed E-state index contributed by atoms with van der Waals surface area (Å²) in [6, 6.07) is 2.79. The molecule has 1 rings (SSSR count). The monoisotopic (exact) mass is 317 g/mol. The molecule has 6 heteroatoms. The molecule has 0 aromatic heterocycles. The van der Waals surface area contributed by atoms with Gasteiger partial charge in [-0.15, -0.1) is 12.4 Å². The van der Waals surface area contributed by atoms with Crippen molar-refractivity contribution in [1.82, 2.24) is 0 Å². The van der Waals surface area contributed by atoms with Gasteiger partial charge in [0.05, 0.1) is 10.0 Å². The summed E-state index contributed by atoms with van der Waals surface area (Å²) in [4.78, 5) is 0. The summed E-state index contributed by atoms with van der Waals surface area (Å²) in [5.41, 5.74) is 6.13. The van der Waals surface area contributed by atoms with E-state index in [9.17, 15) is 5.11 Å². The molecule has 0 saturated carbocycles. The zero-order valence-electron chi connectivity index (χ0n) is 9.51. The van der Waals surface area contributed by atoms with Crippen LogP contribution in [0.3, 0.4) is 0 Å². The Morgan fingerprint density at radius 3 is 2.18 bits per heavy atom. The Labute approximate surface area is 122 Å². The van der Waals surface area contributed by atoms with Gasteiger partial charge in [0.2, 0.25) is 0 Å². The van der Waals surface area contributed by atoms with Gasteiger partial charge in [0, 0.05) is 28.6 Å². The van der Waals surface area contributed by atoms with Gasteiger partial charge in [-0.1, -0.05) is 48.7 Å². The van der Waals surface area contributed by atoms with Crippen molar-refractivity contribution in [2.45, 2.75) is 19.9 Å². The van der Waals surface area contributed by atoms with E-state index in [1.54, 1.807) is 12.1 Å². The SMILES string of the molecule is CC(C)(CO)[C@@H](N)c1c(Cl)ccc(Cl)c1Cl.Cl. The third-order valence-corrected chi connectivity index (χ3v) is 3.79. The van der Waals surface area contributed by atoms with Gasteiger partial charge >= 0.3 is 0 Å². The molecule has 2 nitrogen and oxygen atoms in total. The Hall–Kier alpha value is 0.300. The molecular formula is C11H15Cl4NO. The van der Waals surface area contributed by atoms with E-state index >= 15 is 0 Å². The lowest BCUT2D eigenvalue weighted by molar-refractivity contribution is 0.132.